The van der Waals surface area contributed by atoms with Gasteiger partial charge in [0.1, 0.15) is 11.8 Å². The summed E-state index contributed by atoms with van der Waals surface area (Å²) in [5.74, 6) is 0.414. The largest absolute Gasteiger partial charge is 0.494 e. The molecule has 7 heteroatoms. The third-order valence-corrected chi connectivity index (χ3v) is 5.73. The molecule has 0 saturated carbocycles. The Bertz CT molecular complexity index is 902. The number of nitrogens with zero attached hydrogens (tertiary/aromatic N) is 2. The van der Waals surface area contributed by atoms with Crippen molar-refractivity contribution in [2.24, 2.45) is 0 Å². The molecule has 6 nitrogen and oxygen atoms in total. The zero-order chi connectivity index (χ0) is 22.2. The predicted octanol–water partition coefficient (Wildman–Crippen LogP) is 3.86. The van der Waals surface area contributed by atoms with Crippen LogP contribution in [0, 0.1) is 0 Å². The van der Waals surface area contributed by atoms with Gasteiger partial charge in [0.15, 0.2) is 5.11 Å². The van der Waals surface area contributed by atoms with Gasteiger partial charge >= 0.3 is 0 Å². The van der Waals surface area contributed by atoms with Crippen molar-refractivity contribution in [3.05, 3.63) is 60.2 Å². The van der Waals surface area contributed by atoms with E-state index in [1.165, 1.54) is 10.5 Å². The van der Waals surface area contributed by atoms with Crippen molar-refractivity contribution < 1.29 is 14.3 Å². The molecule has 3 rings (SSSR count). The van der Waals surface area contributed by atoms with Gasteiger partial charge in [0.2, 0.25) is 5.91 Å². The Morgan fingerprint density at radius 1 is 1.13 bits per heavy atom. The van der Waals surface area contributed by atoms with Gasteiger partial charge in [-0.25, -0.2) is 0 Å². The number of aryl methyl sites for hydroxylation is 1. The van der Waals surface area contributed by atoms with E-state index < -0.39 is 6.04 Å². The van der Waals surface area contributed by atoms with E-state index in [9.17, 15) is 9.59 Å². The number of benzene rings is 2. The number of hydrogen-bond donors (Lipinski definition) is 1. The summed E-state index contributed by atoms with van der Waals surface area (Å²) in [6, 6.07) is 16.9. The smallest absolute Gasteiger partial charge is 0.251 e. The second-order valence-electron chi connectivity index (χ2n) is 7.60. The lowest BCUT2D eigenvalue weighted by Crippen LogP contribution is -2.38. The van der Waals surface area contributed by atoms with E-state index in [1.54, 1.807) is 19.2 Å². The first kappa shape index (κ1) is 22.7. The number of likely N-dealkylation sites (N-methyl/N-ethyl adjacent to an activating group) is 1. The van der Waals surface area contributed by atoms with Gasteiger partial charge in [-0.3, -0.25) is 14.5 Å². The van der Waals surface area contributed by atoms with Crippen molar-refractivity contribution in [1.29, 1.82) is 0 Å². The van der Waals surface area contributed by atoms with E-state index >= 15 is 0 Å². The first-order valence-electron chi connectivity index (χ1n) is 10.6. The first-order valence-corrected chi connectivity index (χ1v) is 11.0. The average molecular weight is 440 g/mol. The number of thiocarbonyl (C=S) groups is 1. The van der Waals surface area contributed by atoms with Gasteiger partial charge in [0, 0.05) is 19.3 Å². The van der Waals surface area contributed by atoms with Crippen LogP contribution in [0.15, 0.2) is 54.6 Å². The molecule has 1 aliphatic rings. The lowest BCUT2D eigenvalue weighted by Gasteiger charge is -2.23. The highest BCUT2D eigenvalue weighted by Crippen LogP contribution is 2.22. The Morgan fingerprint density at radius 3 is 2.52 bits per heavy atom. The summed E-state index contributed by atoms with van der Waals surface area (Å²) in [7, 11) is 1.67. The Kier molecular flexibility index (Phi) is 8.00. The van der Waals surface area contributed by atoms with Gasteiger partial charge in [-0.05, 0) is 61.3 Å². The summed E-state index contributed by atoms with van der Waals surface area (Å²) in [6.45, 7) is 3.33. The molecule has 0 aromatic heterocycles. The van der Waals surface area contributed by atoms with Crippen LogP contribution >= 0.6 is 12.2 Å². The highest BCUT2D eigenvalue weighted by Gasteiger charge is 2.41. The van der Waals surface area contributed by atoms with Crippen molar-refractivity contribution in [2.45, 2.75) is 38.6 Å². The summed E-state index contributed by atoms with van der Waals surface area (Å²) < 4.78 is 5.56. The average Bonchev–Trinajstić information content (AvgIpc) is 2.98. The normalized spacial score (nSPS) is 16.0. The van der Waals surface area contributed by atoms with Crippen LogP contribution in [-0.2, 0) is 16.0 Å². The summed E-state index contributed by atoms with van der Waals surface area (Å²) in [4.78, 5) is 28.7. The minimum absolute atomic E-state index is 0.0583. The van der Waals surface area contributed by atoms with Crippen LogP contribution in [0.5, 0.6) is 5.75 Å². The molecule has 2 aromatic carbocycles. The highest BCUT2D eigenvalue weighted by atomic mass is 32.1. The molecular formula is C24H29N3O3S. The zero-order valence-corrected chi connectivity index (χ0v) is 18.9. The molecule has 1 atom stereocenters. The molecule has 1 aliphatic heterocycles. The number of ether oxygens (including phenoxy) is 1. The third kappa shape index (κ3) is 6.04. The molecule has 0 radical (unpaired) electrons. The SMILES string of the molecule is CCCOc1ccc(NC(=O)CC2C(=O)N(C)C(=S)N2CCCc2ccccc2)cc1. The summed E-state index contributed by atoms with van der Waals surface area (Å²) in [6.07, 6.45) is 2.74. The minimum atomic E-state index is -0.569. The van der Waals surface area contributed by atoms with E-state index in [0.717, 1.165) is 25.0 Å². The fourth-order valence-corrected chi connectivity index (χ4v) is 3.87. The molecule has 1 fully saturated rings. The molecule has 31 heavy (non-hydrogen) atoms. The minimum Gasteiger partial charge on any atom is -0.494 e. The van der Waals surface area contributed by atoms with Crippen molar-refractivity contribution >= 4 is 34.8 Å². The molecule has 1 saturated heterocycles. The van der Waals surface area contributed by atoms with E-state index in [-0.39, 0.29) is 18.2 Å². The number of nitrogens with one attached hydrogen (secondary N) is 1. The molecule has 164 valence electrons. The molecule has 0 bridgehead atoms. The number of hydrogen-bond acceptors (Lipinski definition) is 4. The molecule has 1 unspecified atom stereocenters. The Labute approximate surface area is 189 Å². The fraction of sp³-hybridized carbons (Fsp3) is 0.375. The van der Waals surface area contributed by atoms with Crippen LogP contribution in [-0.4, -0.2) is 53.0 Å². The van der Waals surface area contributed by atoms with Gasteiger partial charge in [0.25, 0.3) is 5.91 Å². The van der Waals surface area contributed by atoms with E-state index in [4.69, 9.17) is 17.0 Å². The maximum Gasteiger partial charge on any atom is 0.251 e. The van der Waals surface area contributed by atoms with Crippen molar-refractivity contribution in [3.8, 4) is 5.75 Å². The van der Waals surface area contributed by atoms with Gasteiger partial charge in [0.05, 0.1) is 13.0 Å². The summed E-state index contributed by atoms with van der Waals surface area (Å²) >= 11 is 5.46. The second kappa shape index (κ2) is 10.9. The summed E-state index contributed by atoms with van der Waals surface area (Å²) in [5.41, 5.74) is 1.92. The number of amides is 2. The van der Waals surface area contributed by atoms with E-state index in [1.807, 2.05) is 42.2 Å². The number of carbonyl (C=O) groups is 2. The molecule has 2 aromatic rings. The molecular weight excluding hydrogens is 410 g/mol. The Hall–Kier alpha value is -2.93. The fourth-order valence-electron chi connectivity index (χ4n) is 3.57. The maximum absolute atomic E-state index is 12.7. The molecule has 0 spiro atoms. The van der Waals surface area contributed by atoms with Gasteiger partial charge < -0.3 is 15.0 Å². The van der Waals surface area contributed by atoms with Crippen LogP contribution in [0.1, 0.15) is 31.7 Å². The Balaban J connectivity index is 1.57. The number of rotatable bonds is 10. The van der Waals surface area contributed by atoms with Crippen LogP contribution in [0.25, 0.3) is 0 Å². The summed E-state index contributed by atoms with van der Waals surface area (Å²) in [5, 5.41) is 3.35. The topological polar surface area (TPSA) is 61.9 Å². The molecule has 2 amide bonds. The van der Waals surface area contributed by atoms with Gasteiger partial charge in [-0.1, -0.05) is 37.3 Å². The molecule has 1 heterocycles. The molecule has 1 N–H and O–H groups in total. The monoisotopic (exact) mass is 439 g/mol. The van der Waals surface area contributed by atoms with Gasteiger partial charge in [-0.2, -0.15) is 0 Å². The molecule has 0 aliphatic carbocycles. The van der Waals surface area contributed by atoms with Crippen LogP contribution < -0.4 is 10.1 Å². The quantitative estimate of drug-likeness (QED) is 0.570. The second-order valence-corrected chi connectivity index (χ2v) is 7.97. The first-order chi connectivity index (χ1) is 15.0. The standard InChI is InChI=1S/C24H29N3O3S/c1-3-16-30-20-13-11-19(12-14-20)25-22(28)17-21-23(29)26(2)24(31)27(21)15-7-10-18-8-5-4-6-9-18/h4-6,8-9,11-14,21H,3,7,10,15-17H2,1-2H3,(H,25,28). The van der Waals surface area contributed by atoms with Crippen LogP contribution in [0.4, 0.5) is 5.69 Å². The van der Waals surface area contributed by atoms with Crippen molar-refractivity contribution in [2.75, 3.05) is 25.5 Å². The van der Waals surface area contributed by atoms with E-state index in [2.05, 4.69) is 17.4 Å². The highest BCUT2D eigenvalue weighted by molar-refractivity contribution is 7.80. The van der Waals surface area contributed by atoms with Crippen LogP contribution in [0.3, 0.4) is 0 Å². The van der Waals surface area contributed by atoms with Crippen LogP contribution in [0.2, 0.25) is 0 Å². The predicted molar refractivity (Wildman–Crippen MR) is 126 cm³/mol. The third-order valence-electron chi connectivity index (χ3n) is 5.22. The van der Waals surface area contributed by atoms with Gasteiger partial charge in [-0.15, -0.1) is 0 Å². The zero-order valence-electron chi connectivity index (χ0n) is 18.0. The Morgan fingerprint density at radius 2 is 1.84 bits per heavy atom. The maximum atomic E-state index is 12.7. The van der Waals surface area contributed by atoms with Crippen molar-refractivity contribution in [1.82, 2.24) is 9.80 Å². The van der Waals surface area contributed by atoms with E-state index in [0.29, 0.717) is 24.0 Å². The number of carbonyl (C=O) groups excluding carboxylic acids is 2. The lowest BCUT2D eigenvalue weighted by atomic mass is 10.1. The lowest BCUT2D eigenvalue weighted by molar-refractivity contribution is -0.130. The number of anilines is 1. The van der Waals surface area contributed by atoms with Crippen molar-refractivity contribution in [3.63, 3.8) is 0 Å².